The number of aromatic nitrogens is 5. The molecule has 4 heterocycles. The summed E-state index contributed by atoms with van der Waals surface area (Å²) in [7, 11) is 0. The van der Waals surface area contributed by atoms with Gasteiger partial charge in [0, 0.05) is 25.5 Å². The van der Waals surface area contributed by atoms with Crippen LogP contribution in [0.4, 0.5) is 10.9 Å². The quantitative estimate of drug-likeness (QED) is 0.561. The molecule has 3 aromatic heterocycles. The van der Waals surface area contributed by atoms with Crippen molar-refractivity contribution in [3.63, 3.8) is 0 Å². The first-order chi connectivity index (χ1) is 14.3. The van der Waals surface area contributed by atoms with Gasteiger partial charge in [0.2, 0.25) is 5.91 Å². The first kappa shape index (κ1) is 17.7. The number of para-hydroxylation sites is 1. The van der Waals surface area contributed by atoms with Gasteiger partial charge in [0.1, 0.15) is 0 Å². The molecule has 4 aromatic rings. The molecule has 1 atom stereocenters. The van der Waals surface area contributed by atoms with Gasteiger partial charge in [-0.15, -0.1) is 10.2 Å². The molecule has 1 amide bonds. The molecule has 1 unspecified atom stereocenters. The van der Waals surface area contributed by atoms with Gasteiger partial charge >= 0.3 is 0 Å². The van der Waals surface area contributed by atoms with Crippen molar-refractivity contribution in [2.24, 2.45) is 5.92 Å². The van der Waals surface area contributed by atoms with Crippen LogP contribution in [-0.2, 0) is 4.79 Å². The van der Waals surface area contributed by atoms with E-state index in [-0.39, 0.29) is 11.8 Å². The molecule has 0 bridgehead atoms. The van der Waals surface area contributed by atoms with Crippen molar-refractivity contribution in [3.8, 4) is 5.82 Å². The van der Waals surface area contributed by atoms with Crippen molar-refractivity contribution in [3.05, 3.63) is 54.9 Å². The number of benzene rings is 1. The minimum absolute atomic E-state index is 0.00914. The van der Waals surface area contributed by atoms with Crippen molar-refractivity contribution in [1.29, 1.82) is 0 Å². The third kappa shape index (κ3) is 3.68. The van der Waals surface area contributed by atoms with Crippen LogP contribution in [0.15, 0.2) is 54.9 Å². The monoisotopic (exact) mass is 405 g/mol. The van der Waals surface area contributed by atoms with Crippen LogP contribution in [0.2, 0.25) is 0 Å². The number of piperidine rings is 1. The molecule has 1 aliphatic rings. The number of hydrogen-bond acceptors (Lipinski definition) is 7. The normalized spacial score (nSPS) is 16.8. The molecule has 1 saturated heterocycles. The second-order valence-electron chi connectivity index (χ2n) is 6.96. The van der Waals surface area contributed by atoms with E-state index in [4.69, 9.17) is 0 Å². The molecular formula is C20H19N7OS. The van der Waals surface area contributed by atoms with E-state index in [9.17, 15) is 4.79 Å². The lowest BCUT2D eigenvalue weighted by Crippen LogP contribution is -2.41. The summed E-state index contributed by atoms with van der Waals surface area (Å²) in [4.78, 5) is 19.4. The van der Waals surface area contributed by atoms with Crippen molar-refractivity contribution in [2.45, 2.75) is 12.8 Å². The predicted octanol–water partition coefficient (Wildman–Crippen LogP) is 3.13. The summed E-state index contributed by atoms with van der Waals surface area (Å²) in [5.74, 6) is 1.34. The molecule has 1 aliphatic heterocycles. The molecule has 5 rings (SSSR count). The van der Waals surface area contributed by atoms with Crippen LogP contribution in [0.1, 0.15) is 12.8 Å². The fraction of sp³-hybridized carbons (Fsp3) is 0.250. The number of amides is 1. The average Bonchev–Trinajstić information content (AvgIpc) is 3.43. The number of nitrogens with zero attached hydrogens (tertiary/aromatic N) is 6. The highest BCUT2D eigenvalue weighted by molar-refractivity contribution is 7.22. The largest absolute Gasteiger partial charge is 0.354 e. The molecule has 0 spiro atoms. The van der Waals surface area contributed by atoms with Gasteiger partial charge in [-0.25, -0.2) is 9.67 Å². The van der Waals surface area contributed by atoms with Crippen molar-refractivity contribution in [1.82, 2.24) is 25.0 Å². The Balaban J connectivity index is 1.26. The van der Waals surface area contributed by atoms with Crippen LogP contribution in [0.3, 0.4) is 0 Å². The summed E-state index contributed by atoms with van der Waals surface area (Å²) >= 11 is 1.50. The van der Waals surface area contributed by atoms with E-state index in [0.717, 1.165) is 35.4 Å². The third-order valence-electron chi connectivity index (χ3n) is 5.02. The first-order valence-electron chi connectivity index (χ1n) is 9.51. The van der Waals surface area contributed by atoms with E-state index in [1.54, 1.807) is 10.9 Å². The molecule has 1 fully saturated rings. The zero-order valence-electron chi connectivity index (χ0n) is 15.6. The van der Waals surface area contributed by atoms with Gasteiger partial charge in [-0.2, -0.15) is 5.10 Å². The number of rotatable bonds is 4. The maximum absolute atomic E-state index is 12.8. The first-order valence-corrected chi connectivity index (χ1v) is 10.3. The smallest absolute Gasteiger partial charge is 0.231 e. The lowest BCUT2D eigenvalue weighted by Gasteiger charge is -2.32. The summed E-state index contributed by atoms with van der Waals surface area (Å²) in [6, 6.07) is 13.5. The Morgan fingerprint density at radius 3 is 2.76 bits per heavy atom. The number of thiazole rings is 1. The maximum Gasteiger partial charge on any atom is 0.231 e. The van der Waals surface area contributed by atoms with Crippen LogP contribution in [-0.4, -0.2) is 44.0 Å². The van der Waals surface area contributed by atoms with Gasteiger partial charge in [0.05, 0.1) is 16.1 Å². The molecular weight excluding hydrogens is 386 g/mol. The van der Waals surface area contributed by atoms with Crippen LogP contribution >= 0.6 is 11.3 Å². The number of anilines is 2. The molecule has 146 valence electrons. The molecule has 1 N–H and O–H groups in total. The van der Waals surface area contributed by atoms with E-state index >= 15 is 0 Å². The minimum atomic E-state index is -0.108. The van der Waals surface area contributed by atoms with E-state index < -0.39 is 0 Å². The van der Waals surface area contributed by atoms with Crippen molar-refractivity contribution >= 4 is 38.4 Å². The van der Waals surface area contributed by atoms with E-state index in [1.165, 1.54) is 11.3 Å². The number of fused-ring (bicyclic) bond motifs is 1. The Kier molecular flexibility index (Phi) is 4.65. The lowest BCUT2D eigenvalue weighted by molar-refractivity contribution is -0.120. The molecule has 1 aromatic carbocycles. The summed E-state index contributed by atoms with van der Waals surface area (Å²) < 4.78 is 2.74. The Bertz CT molecular complexity index is 1090. The van der Waals surface area contributed by atoms with Crippen LogP contribution < -0.4 is 10.2 Å². The zero-order chi connectivity index (χ0) is 19.6. The standard InChI is InChI=1S/C20H19N7OS/c28-19(23-20-22-15-6-1-2-7-16(15)29-20)14-5-3-11-26(13-14)17-8-9-18(25-24-17)27-12-4-10-21-27/h1-2,4,6-10,12,14H,3,5,11,13H2,(H,22,23,28). The highest BCUT2D eigenvalue weighted by Gasteiger charge is 2.27. The Morgan fingerprint density at radius 2 is 1.97 bits per heavy atom. The molecule has 0 radical (unpaired) electrons. The molecule has 29 heavy (non-hydrogen) atoms. The van der Waals surface area contributed by atoms with Gasteiger partial charge < -0.3 is 10.2 Å². The Hall–Kier alpha value is -3.33. The van der Waals surface area contributed by atoms with Gasteiger partial charge in [0.25, 0.3) is 0 Å². The summed E-state index contributed by atoms with van der Waals surface area (Å²) in [6.45, 7) is 1.48. The van der Waals surface area contributed by atoms with Gasteiger partial charge in [0.15, 0.2) is 16.8 Å². The zero-order valence-corrected chi connectivity index (χ0v) is 16.4. The summed E-state index contributed by atoms with van der Waals surface area (Å²) in [5.41, 5.74) is 0.908. The maximum atomic E-state index is 12.8. The second kappa shape index (κ2) is 7.59. The highest BCUT2D eigenvalue weighted by atomic mass is 32.1. The van der Waals surface area contributed by atoms with Gasteiger partial charge in [-0.1, -0.05) is 23.5 Å². The fourth-order valence-electron chi connectivity index (χ4n) is 3.55. The Labute approximate surface area is 171 Å². The summed E-state index contributed by atoms with van der Waals surface area (Å²) in [5, 5.41) is 16.4. The Morgan fingerprint density at radius 1 is 1.10 bits per heavy atom. The van der Waals surface area contributed by atoms with Crippen molar-refractivity contribution < 1.29 is 4.79 Å². The number of carbonyl (C=O) groups excluding carboxylic acids is 1. The fourth-order valence-corrected chi connectivity index (χ4v) is 4.41. The second-order valence-corrected chi connectivity index (χ2v) is 7.99. The van der Waals surface area contributed by atoms with E-state index in [2.05, 4.69) is 30.5 Å². The minimum Gasteiger partial charge on any atom is -0.354 e. The van der Waals surface area contributed by atoms with Crippen LogP contribution in [0.25, 0.3) is 16.0 Å². The lowest BCUT2D eigenvalue weighted by atomic mass is 9.97. The van der Waals surface area contributed by atoms with E-state index in [0.29, 0.717) is 17.5 Å². The highest BCUT2D eigenvalue weighted by Crippen LogP contribution is 2.27. The van der Waals surface area contributed by atoms with E-state index in [1.807, 2.05) is 48.7 Å². The van der Waals surface area contributed by atoms with Gasteiger partial charge in [-0.3, -0.25) is 4.79 Å². The third-order valence-corrected chi connectivity index (χ3v) is 5.97. The number of carbonyl (C=O) groups is 1. The van der Waals surface area contributed by atoms with Crippen LogP contribution in [0, 0.1) is 5.92 Å². The predicted molar refractivity (Wildman–Crippen MR) is 112 cm³/mol. The summed E-state index contributed by atoms with van der Waals surface area (Å²) in [6.07, 6.45) is 5.31. The SMILES string of the molecule is O=C(Nc1nc2ccccc2s1)C1CCCN(c2ccc(-n3cccn3)nn2)C1. The molecule has 0 saturated carbocycles. The van der Waals surface area contributed by atoms with Crippen molar-refractivity contribution in [2.75, 3.05) is 23.3 Å². The number of nitrogens with one attached hydrogen (secondary N) is 1. The molecule has 0 aliphatic carbocycles. The molecule has 9 heteroatoms. The number of hydrogen-bond donors (Lipinski definition) is 1. The molecule has 8 nitrogen and oxygen atoms in total. The average molecular weight is 405 g/mol. The van der Waals surface area contributed by atoms with Crippen LogP contribution in [0.5, 0.6) is 0 Å². The van der Waals surface area contributed by atoms with Gasteiger partial charge in [-0.05, 0) is 43.2 Å². The topological polar surface area (TPSA) is 88.8 Å².